The molecule has 0 saturated carbocycles. The molecule has 0 aromatic carbocycles. The topological polar surface area (TPSA) is 87.7 Å². The van der Waals surface area contributed by atoms with Crippen LogP contribution in [0.5, 0.6) is 0 Å². The summed E-state index contributed by atoms with van der Waals surface area (Å²) in [7, 11) is 0. The van der Waals surface area contributed by atoms with E-state index in [1.807, 2.05) is 19.1 Å². The third-order valence-corrected chi connectivity index (χ3v) is 6.68. The Balaban J connectivity index is 1.31. The summed E-state index contributed by atoms with van der Waals surface area (Å²) in [6.07, 6.45) is 5.25. The third-order valence-electron chi connectivity index (χ3n) is 4.52. The first-order chi connectivity index (χ1) is 13.1. The Kier molecular flexibility index (Phi) is 5.27. The van der Waals surface area contributed by atoms with Crippen LogP contribution in [-0.4, -0.2) is 26.6 Å². The van der Waals surface area contributed by atoms with Gasteiger partial charge in [0.05, 0.1) is 11.1 Å². The fraction of sp³-hybridized carbons (Fsp3) is 0.368. The highest BCUT2D eigenvalue weighted by Crippen LogP contribution is 2.34. The van der Waals surface area contributed by atoms with Gasteiger partial charge in [0, 0.05) is 23.2 Å². The summed E-state index contributed by atoms with van der Waals surface area (Å²) < 4.78 is 0. The molecule has 6 nitrogen and oxygen atoms in total. The molecular formula is C19H20N4O2S2. The number of thioether (sulfide) groups is 1. The summed E-state index contributed by atoms with van der Waals surface area (Å²) in [6, 6.07) is 3.73. The van der Waals surface area contributed by atoms with Crippen molar-refractivity contribution in [2.45, 2.75) is 38.4 Å². The molecule has 1 aliphatic carbocycles. The van der Waals surface area contributed by atoms with E-state index in [1.165, 1.54) is 10.4 Å². The van der Waals surface area contributed by atoms with Crippen molar-refractivity contribution in [3.8, 4) is 0 Å². The molecule has 27 heavy (non-hydrogen) atoms. The number of aryl methyl sites for hydroxylation is 3. The van der Waals surface area contributed by atoms with Crippen LogP contribution in [0.1, 0.15) is 34.7 Å². The lowest BCUT2D eigenvalue weighted by atomic mass is 10.2. The number of pyridine rings is 1. The van der Waals surface area contributed by atoms with Gasteiger partial charge in [-0.15, -0.1) is 11.3 Å². The van der Waals surface area contributed by atoms with Crippen molar-refractivity contribution < 1.29 is 4.79 Å². The molecule has 3 aromatic rings. The van der Waals surface area contributed by atoms with Crippen molar-refractivity contribution in [1.29, 1.82) is 0 Å². The predicted molar refractivity (Wildman–Crippen MR) is 111 cm³/mol. The van der Waals surface area contributed by atoms with Crippen molar-refractivity contribution in [3.05, 3.63) is 50.5 Å². The Morgan fingerprint density at radius 2 is 2.30 bits per heavy atom. The molecule has 0 saturated heterocycles. The van der Waals surface area contributed by atoms with Gasteiger partial charge >= 0.3 is 0 Å². The van der Waals surface area contributed by atoms with Gasteiger partial charge in [-0.2, -0.15) is 11.8 Å². The van der Waals surface area contributed by atoms with E-state index in [0.717, 1.165) is 35.0 Å². The zero-order chi connectivity index (χ0) is 18.8. The average Bonchev–Trinajstić information content (AvgIpc) is 3.19. The smallest absolute Gasteiger partial charge is 0.259 e. The number of thiophene rings is 1. The highest BCUT2D eigenvalue weighted by atomic mass is 32.2. The number of anilines is 1. The normalized spacial score (nSPS) is 13.1. The first-order valence-corrected chi connectivity index (χ1v) is 10.9. The van der Waals surface area contributed by atoms with Gasteiger partial charge in [-0.25, -0.2) is 9.97 Å². The quantitative estimate of drug-likeness (QED) is 0.619. The second kappa shape index (κ2) is 7.82. The van der Waals surface area contributed by atoms with Crippen LogP contribution >= 0.6 is 23.1 Å². The number of carbonyl (C=O) groups is 1. The van der Waals surface area contributed by atoms with E-state index in [0.29, 0.717) is 29.6 Å². The van der Waals surface area contributed by atoms with Crippen molar-refractivity contribution in [2.75, 3.05) is 11.1 Å². The Labute approximate surface area is 164 Å². The monoisotopic (exact) mass is 400 g/mol. The molecule has 140 valence electrons. The summed E-state index contributed by atoms with van der Waals surface area (Å²) in [5.74, 6) is 2.43. The molecular weight excluding hydrogens is 380 g/mol. The van der Waals surface area contributed by atoms with Gasteiger partial charge in [-0.05, 0) is 49.4 Å². The maximum absolute atomic E-state index is 12.4. The zero-order valence-electron chi connectivity index (χ0n) is 15.0. The van der Waals surface area contributed by atoms with Crippen LogP contribution in [-0.2, 0) is 23.4 Å². The van der Waals surface area contributed by atoms with Gasteiger partial charge in [0.15, 0.2) is 0 Å². The Morgan fingerprint density at radius 3 is 3.15 bits per heavy atom. The van der Waals surface area contributed by atoms with Crippen LogP contribution in [0.4, 0.5) is 5.82 Å². The lowest BCUT2D eigenvalue weighted by molar-refractivity contribution is -0.115. The van der Waals surface area contributed by atoms with Crippen LogP contribution < -0.4 is 10.9 Å². The van der Waals surface area contributed by atoms with Gasteiger partial charge in [0.2, 0.25) is 5.91 Å². The number of H-pyrrole nitrogens is 1. The second-order valence-electron chi connectivity index (χ2n) is 6.62. The van der Waals surface area contributed by atoms with Crippen molar-refractivity contribution in [2.24, 2.45) is 0 Å². The molecule has 8 heteroatoms. The number of rotatable bonds is 6. The minimum Gasteiger partial charge on any atom is -0.311 e. The van der Waals surface area contributed by atoms with E-state index < -0.39 is 0 Å². The fourth-order valence-corrected chi connectivity index (χ4v) is 5.34. The molecule has 2 N–H and O–H groups in total. The van der Waals surface area contributed by atoms with E-state index in [9.17, 15) is 9.59 Å². The molecule has 0 unspecified atom stereocenters. The van der Waals surface area contributed by atoms with Crippen LogP contribution in [0.25, 0.3) is 10.2 Å². The third kappa shape index (κ3) is 4.06. The van der Waals surface area contributed by atoms with E-state index in [-0.39, 0.29) is 11.5 Å². The minimum atomic E-state index is -0.0628. The highest BCUT2D eigenvalue weighted by molar-refractivity contribution is 7.98. The van der Waals surface area contributed by atoms with Crippen LogP contribution in [0.2, 0.25) is 0 Å². The van der Waals surface area contributed by atoms with Crippen molar-refractivity contribution in [1.82, 2.24) is 15.0 Å². The lowest BCUT2D eigenvalue weighted by Crippen LogP contribution is -2.14. The molecule has 3 aromatic heterocycles. The summed E-state index contributed by atoms with van der Waals surface area (Å²) in [5.41, 5.74) is 2.22. The molecule has 0 spiro atoms. The van der Waals surface area contributed by atoms with E-state index in [4.69, 9.17) is 0 Å². The molecule has 0 radical (unpaired) electrons. The van der Waals surface area contributed by atoms with E-state index in [2.05, 4.69) is 20.3 Å². The number of aromatic nitrogens is 3. The highest BCUT2D eigenvalue weighted by Gasteiger charge is 2.21. The number of aromatic amines is 1. The Hall–Kier alpha value is -2.19. The lowest BCUT2D eigenvalue weighted by Gasteiger charge is -2.05. The summed E-state index contributed by atoms with van der Waals surface area (Å²) in [5, 5.41) is 3.59. The average molecular weight is 401 g/mol. The number of fused-ring (bicyclic) bond motifs is 3. The number of hydrogen-bond donors (Lipinski definition) is 2. The van der Waals surface area contributed by atoms with Gasteiger partial charge in [0.25, 0.3) is 5.56 Å². The molecule has 0 aliphatic heterocycles. The van der Waals surface area contributed by atoms with E-state index >= 15 is 0 Å². The number of hydrogen-bond acceptors (Lipinski definition) is 6. The SMILES string of the molecule is Cc1ccnc(NC(=O)CCSCc2nc3sc4c(c3c(=O)[nH]2)CCC4)c1. The number of carbonyl (C=O) groups excluding carboxylic acids is 1. The van der Waals surface area contributed by atoms with E-state index in [1.54, 1.807) is 29.3 Å². The van der Waals surface area contributed by atoms with Crippen molar-refractivity contribution in [3.63, 3.8) is 0 Å². The fourth-order valence-electron chi connectivity index (χ4n) is 3.26. The maximum atomic E-state index is 12.4. The zero-order valence-corrected chi connectivity index (χ0v) is 16.6. The molecule has 0 fully saturated rings. The molecule has 0 bridgehead atoms. The number of nitrogens with zero attached hydrogens (tertiary/aromatic N) is 2. The molecule has 1 aliphatic rings. The van der Waals surface area contributed by atoms with Gasteiger partial charge < -0.3 is 10.3 Å². The van der Waals surface area contributed by atoms with Crippen LogP contribution in [0.3, 0.4) is 0 Å². The van der Waals surface area contributed by atoms with Crippen LogP contribution in [0.15, 0.2) is 23.1 Å². The Morgan fingerprint density at radius 1 is 1.41 bits per heavy atom. The summed E-state index contributed by atoms with van der Waals surface area (Å²) in [4.78, 5) is 38.3. The van der Waals surface area contributed by atoms with Crippen molar-refractivity contribution >= 4 is 45.0 Å². The standard InChI is InChI=1S/C19H20N4O2S2/c1-11-5-7-20-14(9-11)21-16(24)6-8-26-10-15-22-18(25)17-12-3-2-4-13(12)27-19(17)23-15/h5,7,9H,2-4,6,8,10H2,1H3,(H,20,21,24)(H,22,23,25). The number of nitrogens with one attached hydrogen (secondary N) is 2. The summed E-state index contributed by atoms with van der Waals surface area (Å²) >= 11 is 3.24. The summed E-state index contributed by atoms with van der Waals surface area (Å²) in [6.45, 7) is 1.96. The molecule has 4 rings (SSSR count). The van der Waals surface area contributed by atoms with Gasteiger partial charge in [-0.1, -0.05) is 0 Å². The first-order valence-electron chi connectivity index (χ1n) is 8.94. The first kappa shape index (κ1) is 18.2. The number of amides is 1. The maximum Gasteiger partial charge on any atom is 0.259 e. The van der Waals surface area contributed by atoms with Gasteiger partial charge in [0.1, 0.15) is 16.5 Å². The second-order valence-corrected chi connectivity index (χ2v) is 8.81. The molecule has 1 amide bonds. The largest absolute Gasteiger partial charge is 0.311 e. The predicted octanol–water partition coefficient (Wildman–Crippen LogP) is 3.44. The van der Waals surface area contributed by atoms with Gasteiger partial charge in [-0.3, -0.25) is 9.59 Å². The minimum absolute atomic E-state index is 0.0294. The molecule has 3 heterocycles. The molecule has 0 atom stereocenters. The Bertz CT molecular complexity index is 1060. The van der Waals surface area contributed by atoms with Crippen LogP contribution in [0, 0.1) is 6.92 Å².